The number of aromatic nitrogens is 2. The molecule has 0 aliphatic heterocycles. The molecular formula is C22H16N2O5S. The number of benzene rings is 3. The van der Waals surface area contributed by atoms with Crippen molar-refractivity contribution in [1.82, 2.24) is 9.97 Å². The van der Waals surface area contributed by atoms with Crippen molar-refractivity contribution in [2.45, 2.75) is 18.7 Å². The molecule has 0 radical (unpaired) electrons. The van der Waals surface area contributed by atoms with Gasteiger partial charge in [-0.1, -0.05) is 12.1 Å². The standard InChI is InChI=1S/C22H16N2O5S/c1-10-3-5-12-15(7-10)23-16-9-14-17(8-13(16)21(12)25)24-20-11(2)4-6-18(30(27,28)29)19(20)22(14)26/h3-9H,1-2H3,(H,23,25)(H,24,26)(H,27,28,29). The lowest BCUT2D eigenvalue weighted by Crippen LogP contribution is -2.12. The molecular weight excluding hydrogens is 404 g/mol. The monoisotopic (exact) mass is 420 g/mol. The molecule has 3 aromatic carbocycles. The summed E-state index contributed by atoms with van der Waals surface area (Å²) in [5.74, 6) is 0. The van der Waals surface area contributed by atoms with E-state index in [1.165, 1.54) is 12.1 Å². The number of aryl methyl sites for hydroxylation is 2. The van der Waals surface area contributed by atoms with Crippen LogP contribution in [-0.2, 0) is 10.1 Å². The minimum atomic E-state index is -4.60. The van der Waals surface area contributed by atoms with E-state index < -0.39 is 20.4 Å². The molecule has 0 saturated heterocycles. The van der Waals surface area contributed by atoms with Gasteiger partial charge in [-0.3, -0.25) is 14.1 Å². The second-order valence-electron chi connectivity index (χ2n) is 7.51. The summed E-state index contributed by atoms with van der Waals surface area (Å²) in [5, 5.41) is 1.06. The normalized spacial score (nSPS) is 12.4. The highest BCUT2D eigenvalue weighted by Crippen LogP contribution is 2.26. The first-order valence-corrected chi connectivity index (χ1v) is 10.6. The van der Waals surface area contributed by atoms with Crippen LogP contribution in [0.15, 0.2) is 56.9 Å². The first-order chi connectivity index (χ1) is 14.1. The zero-order valence-corrected chi connectivity index (χ0v) is 16.8. The molecule has 0 aliphatic carbocycles. The summed E-state index contributed by atoms with van der Waals surface area (Å²) < 4.78 is 33.3. The van der Waals surface area contributed by atoms with Crippen molar-refractivity contribution in [3.05, 3.63) is 74.0 Å². The Kier molecular flexibility index (Phi) is 3.71. The summed E-state index contributed by atoms with van der Waals surface area (Å²) in [4.78, 5) is 32.1. The highest BCUT2D eigenvalue weighted by Gasteiger charge is 2.20. The third-order valence-electron chi connectivity index (χ3n) is 5.48. The van der Waals surface area contributed by atoms with Crippen molar-refractivity contribution in [2.75, 3.05) is 0 Å². The van der Waals surface area contributed by atoms with Gasteiger partial charge in [-0.2, -0.15) is 8.42 Å². The minimum Gasteiger partial charge on any atom is -0.354 e. The van der Waals surface area contributed by atoms with Crippen molar-refractivity contribution >= 4 is 53.7 Å². The number of rotatable bonds is 1. The maximum Gasteiger partial charge on any atom is 0.295 e. The summed E-state index contributed by atoms with van der Waals surface area (Å²) in [6, 6.07) is 11.3. The maximum atomic E-state index is 13.3. The summed E-state index contributed by atoms with van der Waals surface area (Å²) in [6.07, 6.45) is 0. The number of aromatic amines is 2. The van der Waals surface area contributed by atoms with Gasteiger partial charge in [0, 0.05) is 21.7 Å². The first-order valence-electron chi connectivity index (χ1n) is 9.18. The Balaban J connectivity index is 2.02. The number of pyridine rings is 2. The summed E-state index contributed by atoms with van der Waals surface area (Å²) in [6.45, 7) is 3.64. The second-order valence-corrected chi connectivity index (χ2v) is 8.90. The van der Waals surface area contributed by atoms with Crippen LogP contribution in [-0.4, -0.2) is 22.9 Å². The van der Waals surface area contributed by atoms with Crippen molar-refractivity contribution in [1.29, 1.82) is 0 Å². The summed E-state index contributed by atoms with van der Waals surface area (Å²) in [5.41, 5.74) is 2.75. The third kappa shape index (κ3) is 2.58. The van der Waals surface area contributed by atoms with Gasteiger partial charge in [-0.05, 0) is 55.3 Å². The van der Waals surface area contributed by atoms with Gasteiger partial charge in [-0.15, -0.1) is 0 Å². The number of fused-ring (bicyclic) bond motifs is 4. The van der Waals surface area contributed by atoms with E-state index in [9.17, 15) is 22.6 Å². The zero-order chi connectivity index (χ0) is 21.4. The molecule has 7 nitrogen and oxygen atoms in total. The van der Waals surface area contributed by atoms with Gasteiger partial charge in [0.05, 0.1) is 21.9 Å². The van der Waals surface area contributed by atoms with Crippen LogP contribution in [0.2, 0.25) is 0 Å². The molecule has 0 bridgehead atoms. The maximum absolute atomic E-state index is 13.3. The Hall–Kier alpha value is -3.49. The molecule has 2 heterocycles. The van der Waals surface area contributed by atoms with Crippen molar-refractivity contribution in [2.24, 2.45) is 0 Å². The van der Waals surface area contributed by atoms with E-state index in [4.69, 9.17) is 0 Å². The minimum absolute atomic E-state index is 0.108. The Morgan fingerprint density at radius 1 is 0.767 bits per heavy atom. The van der Waals surface area contributed by atoms with Crippen LogP contribution in [0.4, 0.5) is 0 Å². The van der Waals surface area contributed by atoms with Gasteiger partial charge >= 0.3 is 0 Å². The molecule has 150 valence electrons. The van der Waals surface area contributed by atoms with E-state index in [2.05, 4.69) is 9.97 Å². The lowest BCUT2D eigenvalue weighted by molar-refractivity contribution is 0.484. The topological polar surface area (TPSA) is 120 Å². The largest absolute Gasteiger partial charge is 0.354 e. The fourth-order valence-electron chi connectivity index (χ4n) is 3.99. The molecule has 3 N–H and O–H groups in total. The Morgan fingerprint density at radius 3 is 2.10 bits per heavy atom. The summed E-state index contributed by atoms with van der Waals surface area (Å²) >= 11 is 0. The third-order valence-corrected chi connectivity index (χ3v) is 6.37. The predicted octanol–water partition coefficient (Wildman–Crippen LogP) is 3.54. The molecule has 5 aromatic rings. The molecule has 5 rings (SSSR count). The second kappa shape index (κ2) is 6.01. The molecule has 2 aromatic heterocycles. The predicted molar refractivity (Wildman–Crippen MR) is 117 cm³/mol. The van der Waals surface area contributed by atoms with Crippen LogP contribution in [0, 0.1) is 13.8 Å². The average Bonchev–Trinajstić information content (AvgIpc) is 2.67. The van der Waals surface area contributed by atoms with Gasteiger partial charge < -0.3 is 9.97 Å². The van der Waals surface area contributed by atoms with Gasteiger partial charge in [0.25, 0.3) is 10.1 Å². The zero-order valence-electron chi connectivity index (χ0n) is 16.0. The molecule has 0 fully saturated rings. The number of H-pyrrole nitrogens is 2. The van der Waals surface area contributed by atoms with E-state index >= 15 is 0 Å². The van der Waals surface area contributed by atoms with Gasteiger partial charge in [0.2, 0.25) is 0 Å². The van der Waals surface area contributed by atoms with Crippen molar-refractivity contribution < 1.29 is 13.0 Å². The van der Waals surface area contributed by atoms with Crippen LogP contribution >= 0.6 is 0 Å². The quantitative estimate of drug-likeness (QED) is 0.283. The molecule has 0 aliphatic rings. The fourth-order valence-corrected chi connectivity index (χ4v) is 4.68. The number of nitrogens with one attached hydrogen (secondary N) is 2. The van der Waals surface area contributed by atoms with Gasteiger partial charge in [0.15, 0.2) is 10.9 Å². The number of hydrogen-bond donors (Lipinski definition) is 3. The van der Waals surface area contributed by atoms with E-state index in [-0.39, 0.29) is 16.2 Å². The van der Waals surface area contributed by atoms with Crippen LogP contribution in [0.3, 0.4) is 0 Å². The van der Waals surface area contributed by atoms with Crippen molar-refractivity contribution in [3.8, 4) is 0 Å². The van der Waals surface area contributed by atoms with Crippen LogP contribution in [0.1, 0.15) is 11.1 Å². The molecule has 0 amide bonds. The molecule has 0 spiro atoms. The lowest BCUT2D eigenvalue weighted by Gasteiger charge is -2.10. The van der Waals surface area contributed by atoms with E-state index in [0.717, 1.165) is 5.56 Å². The Morgan fingerprint density at radius 2 is 1.40 bits per heavy atom. The highest BCUT2D eigenvalue weighted by molar-refractivity contribution is 7.86. The SMILES string of the molecule is Cc1ccc2c(=O)c3cc4[nH]c5c(C)ccc(S(=O)(=O)O)c5c(=O)c4cc3[nH]c2c1. The Bertz CT molecular complexity index is 1780. The average molecular weight is 420 g/mol. The molecule has 0 saturated carbocycles. The first kappa shape index (κ1) is 18.5. The van der Waals surface area contributed by atoms with E-state index in [1.807, 2.05) is 19.1 Å². The molecule has 30 heavy (non-hydrogen) atoms. The van der Waals surface area contributed by atoms with Crippen molar-refractivity contribution in [3.63, 3.8) is 0 Å². The Labute approximate surface area is 169 Å². The van der Waals surface area contributed by atoms with Crippen LogP contribution < -0.4 is 10.9 Å². The summed E-state index contributed by atoms with van der Waals surface area (Å²) in [7, 11) is -4.60. The van der Waals surface area contributed by atoms with E-state index in [1.54, 1.807) is 25.1 Å². The smallest absolute Gasteiger partial charge is 0.295 e. The fraction of sp³-hybridized carbons (Fsp3) is 0.0909. The van der Waals surface area contributed by atoms with E-state index in [0.29, 0.717) is 38.4 Å². The van der Waals surface area contributed by atoms with Crippen LogP contribution in [0.5, 0.6) is 0 Å². The van der Waals surface area contributed by atoms with Gasteiger partial charge in [-0.25, -0.2) is 0 Å². The van der Waals surface area contributed by atoms with Gasteiger partial charge in [0.1, 0.15) is 4.90 Å². The molecule has 8 heteroatoms. The number of hydrogen-bond acceptors (Lipinski definition) is 4. The van der Waals surface area contributed by atoms with Crippen LogP contribution in [0.25, 0.3) is 43.6 Å². The lowest BCUT2D eigenvalue weighted by atomic mass is 10.0. The molecule has 0 unspecified atom stereocenters. The highest BCUT2D eigenvalue weighted by atomic mass is 32.2. The molecule has 0 atom stereocenters.